The molecule has 4 aliphatic rings. The molecule has 7 atom stereocenters. The van der Waals surface area contributed by atoms with Gasteiger partial charge in [-0.05, 0) is 78.7 Å². The van der Waals surface area contributed by atoms with E-state index in [0.717, 1.165) is 31.2 Å². The van der Waals surface area contributed by atoms with Gasteiger partial charge in [0.15, 0.2) is 5.78 Å². The van der Waals surface area contributed by atoms with Gasteiger partial charge in [-0.2, -0.15) is 0 Å². The number of methoxy groups -OCH3 is 2. The van der Waals surface area contributed by atoms with Crippen LogP contribution in [0.3, 0.4) is 0 Å². The summed E-state index contributed by atoms with van der Waals surface area (Å²) in [6.45, 7) is 2.07. The normalized spacial score (nSPS) is 39.6. The van der Waals surface area contributed by atoms with Crippen molar-refractivity contribution in [3.8, 4) is 0 Å². The van der Waals surface area contributed by atoms with Crippen molar-refractivity contribution < 1.29 is 24.2 Å². The van der Waals surface area contributed by atoms with Crippen LogP contribution in [0.5, 0.6) is 0 Å². The van der Waals surface area contributed by atoms with Gasteiger partial charge in [0.1, 0.15) is 17.6 Å². The smallest absolute Gasteiger partial charge is 0.316 e. The zero-order chi connectivity index (χ0) is 23.4. The molecule has 176 valence electrons. The predicted molar refractivity (Wildman–Crippen MR) is 124 cm³/mol. The number of ketones is 1. The second kappa shape index (κ2) is 8.21. The number of benzene rings is 1. The van der Waals surface area contributed by atoms with Crippen molar-refractivity contribution in [2.75, 3.05) is 14.2 Å². The molecule has 1 N–H and O–H groups in total. The maximum atomic E-state index is 13.2. The Labute approximate surface area is 195 Å². The highest BCUT2D eigenvalue weighted by molar-refractivity contribution is 6.03. The Morgan fingerprint density at radius 2 is 1.94 bits per heavy atom. The first-order chi connectivity index (χ1) is 15.8. The second-order valence-electron chi connectivity index (χ2n) is 10.6. The molecule has 0 amide bonds. The van der Waals surface area contributed by atoms with E-state index in [1.165, 1.54) is 18.3 Å². The molecule has 1 aromatic rings. The van der Waals surface area contributed by atoms with E-state index in [1.54, 1.807) is 7.11 Å². The van der Waals surface area contributed by atoms with Crippen LogP contribution in [0.4, 0.5) is 0 Å². The number of Topliss-reactive ketones (excluding diaryl/α,β-unsaturated/α-hetero) is 1. The molecule has 0 saturated heterocycles. The number of carbonyl (C=O) groups excluding carboxylic acids is 2. The lowest BCUT2D eigenvalue weighted by Gasteiger charge is -2.51. The summed E-state index contributed by atoms with van der Waals surface area (Å²) in [5.74, 6) is -0.0328. The van der Waals surface area contributed by atoms with Crippen molar-refractivity contribution in [1.82, 2.24) is 0 Å². The van der Waals surface area contributed by atoms with Crippen LogP contribution >= 0.6 is 0 Å². The standard InChI is InChI=1S/C28H34O5/c1-27-12-11-19-20(23(27)13-22(25(27)29)26(30)33-3)10-9-18-16-28(31,24(32-2)14-21(18)19)15-17-7-5-4-6-8-17/h4-8,14,16,19-20,22-24,31H,9-13,15H2,1-3H3/t19-,20+,22?,23-,24?,27-,28?/m0/s1. The van der Waals surface area contributed by atoms with Gasteiger partial charge in [0, 0.05) is 18.9 Å². The summed E-state index contributed by atoms with van der Waals surface area (Å²) in [6.07, 6.45) is 8.45. The minimum atomic E-state index is -1.08. The summed E-state index contributed by atoms with van der Waals surface area (Å²) in [7, 11) is 3.03. The third-order valence-corrected chi connectivity index (χ3v) is 9.03. The Morgan fingerprint density at radius 3 is 2.64 bits per heavy atom. The molecule has 3 unspecified atom stereocenters. The first kappa shape index (κ1) is 22.5. The zero-order valence-electron chi connectivity index (χ0n) is 19.8. The number of hydrogen-bond donors (Lipinski definition) is 1. The van der Waals surface area contributed by atoms with Gasteiger partial charge >= 0.3 is 5.97 Å². The fourth-order valence-corrected chi connectivity index (χ4v) is 7.37. The summed E-state index contributed by atoms with van der Waals surface area (Å²) in [5, 5.41) is 11.6. The number of aliphatic hydroxyl groups is 1. The molecule has 3 fully saturated rings. The van der Waals surface area contributed by atoms with Crippen LogP contribution in [-0.4, -0.2) is 42.8 Å². The van der Waals surface area contributed by atoms with E-state index in [-0.39, 0.29) is 17.7 Å². The number of carbonyl (C=O) groups is 2. The monoisotopic (exact) mass is 450 g/mol. The lowest BCUT2D eigenvalue weighted by atomic mass is 9.54. The Kier molecular flexibility index (Phi) is 5.61. The fourth-order valence-electron chi connectivity index (χ4n) is 7.37. The number of ether oxygens (including phenoxy) is 2. The first-order valence-electron chi connectivity index (χ1n) is 12.2. The fraction of sp³-hybridized carbons (Fsp3) is 0.571. The third-order valence-electron chi connectivity index (χ3n) is 9.03. The quantitative estimate of drug-likeness (QED) is 0.554. The van der Waals surface area contributed by atoms with E-state index >= 15 is 0 Å². The molecule has 0 aliphatic heterocycles. The molecule has 0 aromatic heterocycles. The zero-order valence-corrected chi connectivity index (χ0v) is 19.8. The van der Waals surface area contributed by atoms with Crippen molar-refractivity contribution in [3.05, 3.63) is 59.2 Å². The molecule has 33 heavy (non-hydrogen) atoms. The average Bonchev–Trinajstić information content (AvgIpc) is 3.09. The molecule has 5 heteroatoms. The van der Waals surface area contributed by atoms with Gasteiger partial charge in [-0.15, -0.1) is 0 Å². The molecular weight excluding hydrogens is 416 g/mol. The Balaban J connectivity index is 1.43. The molecule has 1 aromatic carbocycles. The van der Waals surface area contributed by atoms with Gasteiger partial charge in [-0.1, -0.05) is 37.3 Å². The molecule has 0 spiro atoms. The van der Waals surface area contributed by atoms with Crippen molar-refractivity contribution in [3.63, 3.8) is 0 Å². The van der Waals surface area contributed by atoms with Crippen molar-refractivity contribution in [2.24, 2.45) is 29.1 Å². The molecule has 0 bridgehead atoms. The third kappa shape index (κ3) is 3.52. The van der Waals surface area contributed by atoms with Crippen LogP contribution in [0, 0.1) is 29.1 Å². The topological polar surface area (TPSA) is 72.8 Å². The van der Waals surface area contributed by atoms with Crippen LogP contribution in [0.25, 0.3) is 0 Å². The molecule has 0 heterocycles. The van der Waals surface area contributed by atoms with E-state index in [0.29, 0.717) is 24.7 Å². The maximum absolute atomic E-state index is 13.2. The van der Waals surface area contributed by atoms with E-state index in [1.807, 2.05) is 36.4 Å². The van der Waals surface area contributed by atoms with E-state index in [4.69, 9.17) is 9.47 Å². The van der Waals surface area contributed by atoms with Gasteiger partial charge in [0.2, 0.25) is 0 Å². The highest BCUT2D eigenvalue weighted by Crippen LogP contribution is 2.61. The molecule has 3 saturated carbocycles. The lowest BCUT2D eigenvalue weighted by Crippen LogP contribution is -2.48. The van der Waals surface area contributed by atoms with Gasteiger partial charge in [0.05, 0.1) is 7.11 Å². The summed E-state index contributed by atoms with van der Waals surface area (Å²) < 4.78 is 10.8. The lowest BCUT2D eigenvalue weighted by molar-refractivity contribution is -0.149. The van der Waals surface area contributed by atoms with Crippen LogP contribution in [-0.2, 0) is 25.5 Å². The summed E-state index contributed by atoms with van der Waals surface area (Å²) in [6, 6.07) is 10.0. The summed E-state index contributed by atoms with van der Waals surface area (Å²) in [5.41, 5.74) is 2.07. The van der Waals surface area contributed by atoms with Crippen LogP contribution in [0.15, 0.2) is 53.6 Å². The summed E-state index contributed by atoms with van der Waals surface area (Å²) >= 11 is 0. The van der Waals surface area contributed by atoms with E-state index < -0.39 is 23.0 Å². The maximum Gasteiger partial charge on any atom is 0.316 e. The summed E-state index contributed by atoms with van der Waals surface area (Å²) in [4.78, 5) is 25.5. The molecule has 0 radical (unpaired) electrons. The van der Waals surface area contributed by atoms with Gasteiger partial charge in [0.25, 0.3) is 0 Å². The van der Waals surface area contributed by atoms with Gasteiger partial charge < -0.3 is 14.6 Å². The largest absolute Gasteiger partial charge is 0.468 e. The number of esters is 1. The molecule has 4 aliphatic carbocycles. The molecular formula is C28H34O5. The van der Waals surface area contributed by atoms with Crippen molar-refractivity contribution in [2.45, 2.75) is 57.2 Å². The Bertz CT molecular complexity index is 1010. The second-order valence-corrected chi connectivity index (χ2v) is 10.6. The minimum Gasteiger partial charge on any atom is -0.468 e. The highest BCUT2D eigenvalue weighted by atomic mass is 16.5. The van der Waals surface area contributed by atoms with E-state index in [9.17, 15) is 14.7 Å². The minimum absolute atomic E-state index is 0.0729. The number of hydrogen-bond acceptors (Lipinski definition) is 5. The number of fused-ring (bicyclic) bond motifs is 5. The van der Waals surface area contributed by atoms with Gasteiger partial charge in [-0.3, -0.25) is 9.59 Å². The Morgan fingerprint density at radius 1 is 1.18 bits per heavy atom. The first-order valence-corrected chi connectivity index (χ1v) is 12.2. The Hall–Kier alpha value is -2.24. The molecule has 5 rings (SSSR count). The number of allylic oxidation sites excluding steroid dienone is 2. The number of rotatable bonds is 4. The van der Waals surface area contributed by atoms with Crippen LogP contribution in [0.1, 0.15) is 44.6 Å². The predicted octanol–water partition coefficient (Wildman–Crippen LogP) is 4.05. The van der Waals surface area contributed by atoms with E-state index in [2.05, 4.69) is 13.0 Å². The van der Waals surface area contributed by atoms with Crippen molar-refractivity contribution >= 4 is 11.8 Å². The highest BCUT2D eigenvalue weighted by Gasteiger charge is 2.60. The van der Waals surface area contributed by atoms with Crippen LogP contribution in [0.2, 0.25) is 0 Å². The SMILES string of the molecule is COC(=O)C1C[C@H]2[C@@H]3CCC4=CC(O)(Cc5ccccc5)C(OC)C=C4[C@H]3CC[C@]2(C)C1=O. The van der Waals surface area contributed by atoms with Crippen LogP contribution < -0.4 is 0 Å². The van der Waals surface area contributed by atoms with Crippen molar-refractivity contribution in [1.29, 1.82) is 0 Å². The average molecular weight is 451 g/mol. The molecule has 5 nitrogen and oxygen atoms in total. The van der Waals surface area contributed by atoms with Gasteiger partial charge in [-0.25, -0.2) is 0 Å².